The number of hydrogen-bond donors (Lipinski definition) is 1. The average molecular weight is 423 g/mol. The van der Waals surface area contributed by atoms with Crippen molar-refractivity contribution in [2.75, 3.05) is 6.61 Å². The minimum Gasteiger partial charge on any atom is -0.493 e. The van der Waals surface area contributed by atoms with Gasteiger partial charge in [-0.15, -0.1) is 0 Å². The molecule has 154 valence electrons. The summed E-state index contributed by atoms with van der Waals surface area (Å²) in [5, 5.41) is 1.67. The van der Waals surface area contributed by atoms with Gasteiger partial charge in [0, 0.05) is 12.0 Å². The lowest BCUT2D eigenvalue weighted by Crippen LogP contribution is -2.25. The predicted molar refractivity (Wildman–Crippen MR) is 116 cm³/mol. The van der Waals surface area contributed by atoms with E-state index in [1.165, 1.54) is 0 Å². The number of ether oxygens (including phenoxy) is 1. The molecular formula is C23H22N2O4S. The molecule has 1 aromatic heterocycles. The molecule has 1 saturated heterocycles. The molecule has 0 bridgehead atoms. The molecule has 2 amide bonds. The molecule has 0 radical (unpaired) electrons. The molecule has 1 atom stereocenters. The van der Waals surface area contributed by atoms with Gasteiger partial charge < -0.3 is 9.15 Å². The summed E-state index contributed by atoms with van der Waals surface area (Å²) >= 11 is 1.04. The topological polar surface area (TPSA) is 81.4 Å². The monoisotopic (exact) mass is 422 g/mol. The fourth-order valence-electron chi connectivity index (χ4n) is 3.29. The van der Waals surface area contributed by atoms with Crippen molar-refractivity contribution < 1.29 is 18.7 Å². The second kappa shape index (κ2) is 8.75. The van der Waals surface area contributed by atoms with Crippen LogP contribution in [0.25, 0.3) is 11.5 Å². The highest BCUT2D eigenvalue weighted by atomic mass is 32.2. The van der Waals surface area contributed by atoms with Crippen LogP contribution < -0.4 is 10.1 Å². The number of nitrogens with one attached hydrogen (secondary N) is 1. The van der Waals surface area contributed by atoms with Gasteiger partial charge in [0.25, 0.3) is 5.24 Å². The number of carbonyl (C=O) groups excluding carboxylic acids is 2. The van der Waals surface area contributed by atoms with Crippen LogP contribution in [0.15, 0.2) is 52.9 Å². The van der Waals surface area contributed by atoms with Crippen molar-refractivity contribution in [3.63, 3.8) is 0 Å². The molecule has 0 spiro atoms. The van der Waals surface area contributed by atoms with Gasteiger partial charge >= 0.3 is 0 Å². The lowest BCUT2D eigenvalue weighted by molar-refractivity contribution is -0.118. The molecule has 6 nitrogen and oxygen atoms in total. The highest BCUT2D eigenvalue weighted by molar-refractivity contribution is 8.15. The quantitative estimate of drug-likeness (QED) is 0.605. The zero-order chi connectivity index (χ0) is 21.1. The number of hydrogen-bond acceptors (Lipinski definition) is 6. The molecule has 30 heavy (non-hydrogen) atoms. The van der Waals surface area contributed by atoms with Crippen LogP contribution in [0.2, 0.25) is 0 Å². The minimum atomic E-state index is -0.359. The van der Waals surface area contributed by atoms with Crippen LogP contribution in [0.5, 0.6) is 5.75 Å². The lowest BCUT2D eigenvalue weighted by Gasteiger charge is -2.08. The number of aromatic nitrogens is 1. The van der Waals surface area contributed by atoms with Gasteiger partial charge in [-0.25, -0.2) is 4.98 Å². The third-order valence-corrected chi connectivity index (χ3v) is 5.86. The van der Waals surface area contributed by atoms with E-state index in [1.807, 2.05) is 56.3 Å². The first-order chi connectivity index (χ1) is 14.5. The fourth-order valence-corrected chi connectivity index (χ4v) is 4.15. The Bertz CT molecular complexity index is 1080. The van der Waals surface area contributed by atoms with Crippen molar-refractivity contribution >= 4 is 22.9 Å². The maximum atomic E-state index is 11.7. The van der Waals surface area contributed by atoms with Crippen LogP contribution in [0.3, 0.4) is 0 Å². The Morgan fingerprint density at radius 3 is 2.63 bits per heavy atom. The fraction of sp³-hybridized carbons (Fsp3) is 0.261. The predicted octanol–water partition coefficient (Wildman–Crippen LogP) is 4.47. The summed E-state index contributed by atoms with van der Waals surface area (Å²) in [6.45, 7) is 4.44. The van der Waals surface area contributed by atoms with Gasteiger partial charge in [0.05, 0.1) is 17.6 Å². The van der Waals surface area contributed by atoms with Crippen molar-refractivity contribution in [1.29, 1.82) is 0 Å². The van der Waals surface area contributed by atoms with E-state index in [0.717, 1.165) is 45.7 Å². The zero-order valence-electron chi connectivity index (χ0n) is 16.8. The number of rotatable bonds is 7. The molecule has 2 heterocycles. The molecular weight excluding hydrogens is 400 g/mol. The first-order valence-corrected chi connectivity index (χ1v) is 10.6. The van der Waals surface area contributed by atoms with Crippen molar-refractivity contribution in [3.8, 4) is 17.2 Å². The zero-order valence-corrected chi connectivity index (χ0v) is 17.6. The van der Waals surface area contributed by atoms with Crippen LogP contribution in [-0.2, 0) is 17.6 Å². The molecule has 0 saturated carbocycles. The molecule has 2 aromatic carbocycles. The Morgan fingerprint density at radius 2 is 1.93 bits per heavy atom. The van der Waals surface area contributed by atoms with Gasteiger partial charge in [0.2, 0.25) is 11.8 Å². The number of aryl methyl sites for hydroxylation is 2. The van der Waals surface area contributed by atoms with Crippen LogP contribution in [0, 0.1) is 13.8 Å². The first-order valence-electron chi connectivity index (χ1n) is 9.74. The van der Waals surface area contributed by atoms with E-state index in [-0.39, 0.29) is 16.4 Å². The summed E-state index contributed by atoms with van der Waals surface area (Å²) in [7, 11) is 0. The normalized spacial score (nSPS) is 16.0. The third-order valence-electron chi connectivity index (χ3n) is 4.88. The van der Waals surface area contributed by atoms with E-state index in [1.54, 1.807) is 0 Å². The van der Waals surface area contributed by atoms with E-state index < -0.39 is 0 Å². The molecule has 1 aliphatic heterocycles. The molecule has 1 aliphatic rings. The van der Waals surface area contributed by atoms with E-state index in [2.05, 4.69) is 16.4 Å². The van der Waals surface area contributed by atoms with Gasteiger partial charge in [0.1, 0.15) is 11.5 Å². The summed E-state index contributed by atoms with van der Waals surface area (Å²) in [4.78, 5) is 27.6. The maximum absolute atomic E-state index is 11.7. The second-order valence-electron chi connectivity index (χ2n) is 7.22. The number of nitrogens with zero attached hydrogens (tertiary/aromatic N) is 1. The largest absolute Gasteiger partial charge is 0.493 e. The summed E-state index contributed by atoms with van der Waals surface area (Å²) in [6, 6.07) is 15.7. The van der Waals surface area contributed by atoms with Crippen LogP contribution >= 0.6 is 11.8 Å². The molecule has 3 aromatic rings. The van der Waals surface area contributed by atoms with Crippen LogP contribution in [-0.4, -0.2) is 28.0 Å². The Balaban J connectivity index is 1.31. The Hall–Kier alpha value is -3.06. The van der Waals surface area contributed by atoms with E-state index in [4.69, 9.17) is 9.15 Å². The molecule has 1 fully saturated rings. The molecule has 0 aliphatic carbocycles. The summed E-state index contributed by atoms with van der Waals surface area (Å²) < 4.78 is 11.7. The van der Waals surface area contributed by atoms with Gasteiger partial charge in [-0.2, -0.15) is 0 Å². The minimum absolute atomic E-state index is 0.224. The Morgan fingerprint density at radius 1 is 1.13 bits per heavy atom. The lowest BCUT2D eigenvalue weighted by atomic mass is 10.1. The first kappa shape index (κ1) is 20.2. The highest BCUT2D eigenvalue weighted by Crippen LogP contribution is 2.25. The standard InChI is InChI=1S/C23H22N2O4S/c1-14-4-3-5-17(12-14)22-24-19(15(2)29-22)10-11-28-18-8-6-16(7-9-18)13-20-21(26)25-23(27)30-20/h3-9,12,20H,10-11,13H2,1-2H3,(H,25,26,27). The second-order valence-corrected chi connectivity index (χ2v) is 8.40. The highest BCUT2D eigenvalue weighted by Gasteiger charge is 2.31. The van der Waals surface area contributed by atoms with Crippen molar-refractivity contribution in [3.05, 3.63) is 71.1 Å². The SMILES string of the molecule is Cc1cccc(-c2nc(CCOc3ccc(CC4SC(=O)NC4=O)cc3)c(C)o2)c1. The van der Waals surface area contributed by atoms with Crippen molar-refractivity contribution in [2.24, 2.45) is 0 Å². The number of thioether (sulfide) groups is 1. The summed E-state index contributed by atoms with van der Waals surface area (Å²) in [5.41, 5.74) is 4.00. The maximum Gasteiger partial charge on any atom is 0.286 e. The molecule has 1 unspecified atom stereocenters. The Labute approximate surface area is 179 Å². The van der Waals surface area contributed by atoms with Gasteiger partial charge in [-0.3, -0.25) is 14.9 Å². The summed E-state index contributed by atoms with van der Waals surface area (Å²) in [6.07, 6.45) is 1.16. The molecule has 1 N–H and O–H groups in total. The van der Waals surface area contributed by atoms with Gasteiger partial charge in [0.15, 0.2) is 0 Å². The smallest absolute Gasteiger partial charge is 0.286 e. The number of imide groups is 1. The van der Waals surface area contributed by atoms with E-state index >= 15 is 0 Å². The molecule has 7 heteroatoms. The van der Waals surface area contributed by atoms with E-state index in [0.29, 0.717) is 25.3 Å². The van der Waals surface area contributed by atoms with Gasteiger partial charge in [-0.1, -0.05) is 41.6 Å². The number of amides is 2. The number of oxazole rings is 1. The molecule has 4 rings (SSSR count). The number of benzene rings is 2. The van der Waals surface area contributed by atoms with Crippen molar-refractivity contribution in [2.45, 2.75) is 31.9 Å². The third kappa shape index (κ3) is 4.74. The average Bonchev–Trinajstić information content (AvgIpc) is 3.24. The van der Waals surface area contributed by atoms with Crippen LogP contribution in [0.1, 0.15) is 22.6 Å². The van der Waals surface area contributed by atoms with E-state index in [9.17, 15) is 9.59 Å². The van der Waals surface area contributed by atoms with Crippen LogP contribution in [0.4, 0.5) is 4.79 Å². The Kier molecular flexibility index (Phi) is 5.90. The summed E-state index contributed by atoms with van der Waals surface area (Å²) in [5.74, 6) is 1.95. The number of carbonyl (C=O) groups is 2. The van der Waals surface area contributed by atoms with Crippen molar-refractivity contribution in [1.82, 2.24) is 10.3 Å². The van der Waals surface area contributed by atoms with Gasteiger partial charge in [-0.05, 0) is 50.1 Å².